The molecule has 0 aliphatic rings. The average molecular weight is 374 g/mol. The van der Waals surface area contributed by atoms with Crippen molar-refractivity contribution in [2.45, 2.75) is 25.8 Å². The number of carbonyl (C=O) groups is 2. The first-order valence-corrected chi connectivity index (χ1v) is 9.21. The first-order chi connectivity index (χ1) is 13.6. The zero-order valence-electron chi connectivity index (χ0n) is 15.5. The fourth-order valence-electron chi connectivity index (χ4n) is 2.96. The van der Waals surface area contributed by atoms with E-state index < -0.39 is 0 Å². The van der Waals surface area contributed by atoms with E-state index in [1.165, 1.54) is 4.90 Å². The molecule has 0 aliphatic heterocycles. The molecule has 0 fully saturated rings. The van der Waals surface area contributed by atoms with Crippen molar-refractivity contribution in [3.05, 3.63) is 90.3 Å². The summed E-state index contributed by atoms with van der Waals surface area (Å²) in [6, 6.07) is 21.3. The minimum Gasteiger partial charge on any atom is -0.506 e. The number of rotatable bonds is 8. The highest BCUT2D eigenvalue weighted by atomic mass is 16.3. The number of ketones is 1. The first-order valence-electron chi connectivity index (χ1n) is 9.21. The number of anilines is 1. The van der Waals surface area contributed by atoms with E-state index in [-0.39, 0.29) is 30.4 Å². The number of aromatic nitrogens is 1. The van der Waals surface area contributed by atoms with Gasteiger partial charge in [-0.1, -0.05) is 48.5 Å². The number of pyridine rings is 1. The monoisotopic (exact) mass is 374 g/mol. The maximum atomic E-state index is 12.9. The van der Waals surface area contributed by atoms with Crippen molar-refractivity contribution in [1.29, 1.82) is 0 Å². The lowest BCUT2D eigenvalue weighted by molar-refractivity contribution is -0.118. The van der Waals surface area contributed by atoms with Crippen molar-refractivity contribution in [3.63, 3.8) is 0 Å². The Morgan fingerprint density at radius 2 is 1.57 bits per heavy atom. The fourth-order valence-corrected chi connectivity index (χ4v) is 2.96. The summed E-state index contributed by atoms with van der Waals surface area (Å²) in [5.74, 6) is -0.104. The van der Waals surface area contributed by atoms with E-state index in [9.17, 15) is 14.7 Å². The molecule has 2 aromatic carbocycles. The highest BCUT2D eigenvalue weighted by Gasteiger charge is 2.19. The van der Waals surface area contributed by atoms with Gasteiger partial charge in [0.1, 0.15) is 5.75 Å². The Morgan fingerprint density at radius 1 is 0.857 bits per heavy atom. The topological polar surface area (TPSA) is 70.5 Å². The van der Waals surface area contributed by atoms with Gasteiger partial charge in [-0.25, -0.2) is 0 Å². The van der Waals surface area contributed by atoms with Crippen LogP contribution >= 0.6 is 0 Å². The van der Waals surface area contributed by atoms with Gasteiger partial charge in [0, 0.05) is 24.6 Å². The van der Waals surface area contributed by atoms with Crippen LogP contribution in [0.25, 0.3) is 0 Å². The summed E-state index contributed by atoms with van der Waals surface area (Å²) < 4.78 is 0. The van der Waals surface area contributed by atoms with E-state index in [0.29, 0.717) is 24.1 Å². The lowest BCUT2D eigenvalue weighted by Gasteiger charge is -2.23. The average Bonchev–Trinajstić information content (AvgIpc) is 2.74. The molecule has 0 atom stereocenters. The number of hydrogen-bond donors (Lipinski definition) is 1. The molecular weight excluding hydrogens is 352 g/mol. The van der Waals surface area contributed by atoms with Gasteiger partial charge in [-0.2, -0.15) is 0 Å². The summed E-state index contributed by atoms with van der Waals surface area (Å²) in [6.45, 7) is 0.254. The van der Waals surface area contributed by atoms with Crippen molar-refractivity contribution in [2.24, 2.45) is 0 Å². The van der Waals surface area contributed by atoms with E-state index >= 15 is 0 Å². The van der Waals surface area contributed by atoms with Crippen LogP contribution < -0.4 is 4.90 Å². The van der Waals surface area contributed by atoms with Crippen molar-refractivity contribution in [1.82, 2.24) is 4.98 Å². The number of carbonyl (C=O) groups excluding carboxylic acids is 2. The Morgan fingerprint density at radius 3 is 2.29 bits per heavy atom. The summed E-state index contributed by atoms with van der Waals surface area (Å²) >= 11 is 0. The fraction of sp³-hybridized carbons (Fsp3) is 0.174. The molecule has 1 amide bonds. The molecule has 0 unspecified atom stereocenters. The standard InChI is InChI=1S/C23H22N2O3/c26-21(18-9-2-1-3-10-18)14-8-15-23(28)25(17-19-11-6-7-16-24-19)20-12-4-5-13-22(20)27/h1-7,9-13,16,27H,8,14-15,17H2. The molecule has 3 rings (SSSR count). The smallest absolute Gasteiger partial charge is 0.227 e. The van der Waals surface area contributed by atoms with E-state index in [2.05, 4.69) is 4.98 Å². The van der Waals surface area contributed by atoms with Crippen LogP contribution in [0.1, 0.15) is 35.3 Å². The molecule has 0 saturated heterocycles. The Balaban J connectivity index is 1.68. The predicted molar refractivity (Wildman–Crippen MR) is 108 cm³/mol. The van der Waals surface area contributed by atoms with E-state index in [4.69, 9.17) is 0 Å². The highest BCUT2D eigenvalue weighted by molar-refractivity contribution is 5.97. The largest absolute Gasteiger partial charge is 0.506 e. The number of nitrogens with zero attached hydrogens (tertiary/aromatic N) is 2. The van der Waals surface area contributed by atoms with Crippen LogP contribution in [-0.4, -0.2) is 21.8 Å². The summed E-state index contributed by atoms with van der Waals surface area (Å²) in [5.41, 5.74) is 1.81. The zero-order valence-corrected chi connectivity index (χ0v) is 15.5. The predicted octanol–water partition coefficient (Wildman–Crippen LogP) is 4.37. The lowest BCUT2D eigenvalue weighted by atomic mass is 10.1. The van der Waals surface area contributed by atoms with Gasteiger partial charge in [-0.3, -0.25) is 14.6 Å². The molecule has 1 heterocycles. The van der Waals surface area contributed by atoms with Crippen LogP contribution in [0.15, 0.2) is 79.0 Å². The highest BCUT2D eigenvalue weighted by Crippen LogP contribution is 2.28. The van der Waals surface area contributed by atoms with Crippen LogP contribution in [0.5, 0.6) is 5.75 Å². The third-order valence-corrected chi connectivity index (χ3v) is 4.41. The Hall–Kier alpha value is -3.47. The van der Waals surface area contributed by atoms with Gasteiger partial charge >= 0.3 is 0 Å². The molecule has 0 bridgehead atoms. The number of para-hydroxylation sites is 2. The molecule has 3 aromatic rings. The quantitative estimate of drug-likeness (QED) is 0.594. The van der Waals surface area contributed by atoms with Crippen molar-refractivity contribution < 1.29 is 14.7 Å². The van der Waals surface area contributed by atoms with E-state index in [1.807, 2.05) is 36.4 Å². The molecule has 5 nitrogen and oxygen atoms in total. The van der Waals surface area contributed by atoms with Crippen LogP contribution in [0.3, 0.4) is 0 Å². The number of hydrogen-bond acceptors (Lipinski definition) is 4. The third kappa shape index (κ3) is 5.04. The van der Waals surface area contributed by atoms with Crippen molar-refractivity contribution in [2.75, 3.05) is 4.90 Å². The summed E-state index contributed by atoms with van der Waals surface area (Å²) in [4.78, 5) is 30.9. The molecule has 5 heteroatoms. The number of phenolic OH excluding ortho intramolecular Hbond substituents is 1. The first kappa shape index (κ1) is 19.3. The molecule has 0 saturated carbocycles. The Kier molecular flexibility index (Phi) is 6.52. The molecule has 142 valence electrons. The molecule has 28 heavy (non-hydrogen) atoms. The molecule has 1 N–H and O–H groups in total. The molecular formula is C23H22N2O3. The number of amides is 1. The summed E-state index contributed by atoms with van der Waals surface area (Å²) in [6.07, 6.45) is 2.62. The second-order valence-corrected chi connectivity index (χ2v) is 6.43. The normalized spacial score (nSPS) is 10.4. The SMILES string of the molecule is O=C(CCCC(=O)N(Cc1ccccn1)c1ccccc1O)c1ccccc1. The van der Waals surface area contributed by atoms with Gasteiger partial charge in [0.2, 0.25) is 5.91 Å². The minimum atomic E-state index is -0.159. The minimum absolute atomic E-state index is 0.0206. The van der Waals surface area contributed by atoms with Crippen LogP contribution in [0.2, 0.25) is 0 Å². The van der Waals surface area contributed by atoms with Gasteiger partial charge in [-0.05, 0) is 30.7 Å². The van der Waals surface area contributed by atoms with Gasteiger partial charge in [-0.15, -0.1) is 0 Å². The summed E-state index contributed by atoms with van der Waals surface area (Å²) in [7, 11) is 0. The Bertz CT molecular complexity index is 927. The lowest BCUT2D eigenvalue weighted by Crippen LogP contribution is -2.30. The third-order valence-electron chi connectivity index (χ3n) is 4.41. The van der Waals surface area contributed by atoms with Crippen molar-refractivity contribution in [3.8, 4) is 5.75 Å². The number of phenols is 1. The maximum Gasteiger partial charge on any atom is 0.227 e. The second kappa shape index (κ2) is 9.46. The summed E-state index contributed by atoms with van der Waals surface area (Å²) in [5, 5.41) is 10.2. The molecule has 1 aromatic heterocycles. The molecule has 0 radical (unpaired) electrons. The maximum absolute atomic E-state index is 12.9. The second-order valence-electron chi connectivity index (χ2n) is 6.43. The zero-order chi connectivity index (χ0) is 19.8. The van der Waals surface area contributed by atoms with Crippen molar-refractivity contribution >= 4 is 17.4 Å². The van der Waals surface area contributed by atoms with Crippen LogP contribution in [0, 0.1) is 0 Å². The van der Waals surface area contributed by atoms with Gasteiger partial charge in [0.25, 0.3) is 0 Å². The van der Waals surface area contributed by atoms with E-state index in [1.54, 1.807) is 42.6 Å². The van der Waals surface area contributed by atoms with Crippen LogP contribution in [-0.2, 0) is 11.3 Å². The molecule has 0 aliphatic carbocycles. The van der Waals surface area contributed by atoms with Crippen LogP contribution in [0.4, 0.5) is 5.69 Å². The van der Waals surface area contributed by atoms with Gasteiger partial charge in [0.05, 0.1) is 17.9 Å². The Labute approximate surface area is 164 Å². The number of aromatic hydroxyl groups is 1. The molecule has 0 spiro atoms. The van der Waals surface area contributed by atoms with Gasteiger partial charge < -0.3 is 10.0 Å². The van der Waals surface area contributed by atoms with E-state index in [0.717, 1.165) is 5.69 Å². The number of benzene rings is 2. The van der Waals surface area contributed by atoms with Gasteiger partial charge in [0.15, 0.2) is 5.78 Å². The number of Topliss-reactive ketones (excluding diaryl/α,β-unsaturated/α-hetero) is 1.